The third-order valence-electron chi connectivity index (χ3n) is 4.29. The van der Waals surface area contributed by atoms with Crippen LogP contribution in [0.2, 0.25) is 0 Å². The molecule has 0 bridgehead atoms. The van der Waals surface area contributed by atoms with Gasteiger partial charge in [-0.05, 0) is 30.3 Å². The topological polar surface area (TPSA) is 104 Å². The maximum atomic E-state index is 12.7. The highest BCUT2D eigenvalue weighted by molar-refractivity contribution is 9.10. The van der Waals surface area contributed by atoms with Gasteiger partial charge in [-0.1, -0.05) is 46.3 Å². The van der Waals surface area contributed by atoms with Gasteiger partial charge in [0.25, 0.3) is 0 Å². The number of aliphatic hydroxyl groups excluding tert-OH is 1. The molecule has 31 heavy (non-hydrogen) atoms. The molecule has 1 heterocycles. The monoisotopic (exact) mass is 483 g/mol. The third kappa shape index (κ3) is 4.89. The Kier molecular flexibility index (Phi) is 6.99. The molecule has 0 aliphatic carbocycles. The summed E-state index contributed by atoms with van der Waals surface area (Å²) in [7, 11) is 2.35. The molecule has 0 unspecified atom stereocenters. The molecule has 0 amide bonds. The largest absolute Gasteiger partial charge is 0.507 e. The van der Waals surface area contributed by atoms with E-state index in [1.54, 1.807) is 48.5 Å². The second kappa shape index (κ2) is 9.86. The molecule has 158 valence electrons. The minimum absolute atomic E-state index is 0.0540. The molecule has 1 aromatic heterocycles. The molecular formula is C22H18BrN3O5. The number of halogens is 1. The van der Waals surface area contributed by atoms with Crippen LogP contribution in [0, 0.1) is 0 Å². The number of carbonyl (C=O) groups is 2. The fourth-order valence-electron chi connectivity index (χ4n) is 2.79. The maximum absolute atomic E-state index is 12.7. The van der Waals surface area contributed by atoms with Crippen molar-refractivity contribution in [1.82, 2.24) is 14.8 Å². The minimum Gasteiger partial charge on any atom is -0.507 e. The summed E-state index contributed by atoms with van der Waals surface area (Å²) in [5.74, 6) is -1.89. The highest BCUT2D eigenvalue weighted by Crippen LogP contribution is 2.26. The Morgan fingerprint density at radius 2 is 1.65 bits per heavy atom. The molecule has 0 aliphatic heterocycles. The van der Waals surface area contributed by atoms with Crippen LogP contribution in [0.25, 0.3) is 17.0 Å². The number of aromatic nitrogens is 3. The molecular weight excluding hydrogens is 466 g/mol. The van der Waals surface area contributed by atoms with Gasteiger partial charge in [0.1, 0.15) is 17.7 Å². The Bertz CT molecular complexity index is 1150. The Labute approximate surface area is 186 Å². The van der Waals surface area contributed by atoms with Gasteiger partial charge in [0.2, 0.25) is 0 Å². The van der Waals surface area contributed by atoms with Crippen LogP contribution >= 0.6 is 15.9 Å². The van der Waals surface area contributed by atoms with Gasteiger partial charge in [-0.3, -0.25) is 4.57 Å². The van der Waals surface area contributed by atoms with Crippen molar-refractivity contribution in [2.24, 2.45) is 0 Å². The SMILES string of the molecule is COC(=O)C(/C=C(\O)c1ccc(Br)cc1)=C(/C(=O)OC)c1nncn1-c1ccccc1. The zero-order valence-electron chi connectivity index (χ0n) is 16.7. The van der Waals surface area contributed by atoms with E-state index in [4.69, 9.17) is 9.47 Å². The molecule has 3 aromatic rings. The van der Waals surface area contributed by atoms with Crippen molar-refractivity contribution in [2.45, 2.75) is 0 Å². The van der Waals surface area contributed by atoms with E-state index in [-0.39, 0.29) is 22.7 Å². The van der Waals surface area contributed by atoms with Gasteiger partial charge >= 0.3 is 11.9 Å². The molecule has 1 N–H and O–H groups in total. The molecule has 0 saturated heterocycles. The smallest absolute Gasteiger partial charge is 0.342 e. The summed E-state index contributed by atoms with van der Waals surface area (Å²) in [5.41, 5.74) is 0.645. The van der Waals surface area contributed by atoms with E-state index in [0.717, 1.165) is 10.5 Å². The molecule has 0 spiro atoms. The summed E-state index contributed by atoms with van der Waals surface area (Å²) >= 11 is 3.32. The van der Waals surface area contributed by atoms with Crippen LogP contribution in [-0.2, 0) is 19.1 Å². The minimum atomic E-state index is -0.855. The first-order valence-electron chi connectivity index (χ1n) is 8.99. The van der Waals surface area contributed by atoms with Gasteiger partial charge < -0.3 is 14.6 Å². The van der Waals surface area contributed by atoms with E-state index in [1.807, 2.05) is 6.07 Å². The number of carbonyl (C=O) groups excluding carboxylic acids is 2. The second-order valence-electron chi connectivity index (χ2n) is 6.17. The number of nitrogens with zero attached hydrogens (tertiary/aromatic N) is 3. The number of benzene rings is 2. The molecule has 0 fully saturated rings. The van der Waals surface area contributed by atoms with Gasteiger partial charge in [0, 0.05) is 15.7 Å². The number of hydrogen-bond donors (Lipinski definition) is 1. The highest BCUT2D eigenvalue weighted by atomic mass is 79.9. The van der Waals surface area contributed by atoms with E-state index >= 15 is 0 Å². The predicted molar refractivity (Wildman–Crippen MR) is 117 cm³/mol. The summed E-state index contributed by atoms with van der Waals surface area (Å²) in [6.45, 7) is 0. The van der Waals surface area contributed by atoms with Gasteiger partial charge in [0.05, 0.1) is 19.8 Å². The fourth-order valence-corrected chi connectivity index (χ4v) is 3.05. The lowest BCUT2D eigenvalue weighted by molar-refractivity contribution is -0.137. The quantitative estimate of drug-likeness (QED) is 0.246. The van der Waals surface area contributed by atoms with E-state index in [1.165, 1.54) is 25.1 Å². The normalized spacial score (nSPS) is 12.2. The first-order valence-corrected chi connectivity index (χ1v) is 9.79. The number of aliphatic hydroxyl groups is 1. The number of para-hydroxylation sites is 1. The van der Waals surface area contributed by atoms with Crippen LogP contribution in [0.4, 0.5) is 0 Å². The Morgan fingerprint density at radius 1 is 1.00 bits per heavy atom. The molecule has 9 heteroatoms. The summed E-state index contributed by atoms with van der Waals surface area (Å²) in [4.78, 5) is 25.4. The molecule has 0 atom stereocenters. The molecule has 2 aromatic carbocycles. The molecule has 0 aliphatic rings. The lowest BCUT2D eigenvalue weighted by atomic mass is 10.0. The van der Waals surface area contributed by atoms with E-state index in [2.05, 4.69) is 26.1 Å². The second-order valence-corrected chi connectivity index (χ2v) is 7.08. The maximum Gasteiger partial charge on any atom is 0.342 e. The van der Waals surface area contributed by atoms with Crippen LogP contribution in [0.5, 0.6) is 0 Å². The van der Waals surface area contributed by atoms with Crippen LogP contribution in [0.15, 0.2) is 77.0 Å². The van der Waals surface area contributed by atoms with E-state index in [0.29, 0.717) is 11.3 Å². The fraction of sp³-hybridized carbons (Fsp3) is 0.0909. The molecule has 3 rings (SSSR count). The Morgan fingerprint density at radius 3 is 2.26 bits per heavy atom. The Hall–Kier alpha value is -3.72. The predicted octanol–water partition coefficient (Wildman–Crippen LogP) is 3.73. The van der Waals surface area contributed by atoms with Gasteiger partial charge in [-0.25, -0.2) is 9.59 Å². The lowest BCUT2D eigenvalue weighted by Gasteiger charge is -2.12. The van der Waals surface area contributed by atoms with E-state index in [9.17, 15) is 14.7 Å². The van der Waals surface area contributed by atoms with Gasteiger partial charge in [-0.15, -0.1) is 10.2 Å². The van der Waals surface area contributed by atoms with Crippen molar-refractivity contribution < 1.29 is 24.2 Å². The number of hydrogen-bond acceptors (Lipinski definition) is 7. The van der Waals surface area contributed by atoms with Crippen molar-refractivity contribution in [3.05, 3.63) is 88.4 Å². The number of methoxy groups -OCH3 is 2. The standard InChI is InChI=1S/C22H18BrN3O5/c1-30-21(28)17(12-18(27)14-8-10-15(23)11-9-14)19(22(29)31-2)20-25-24-13-26(20)16-6-4-3-5-7-16/h3-13,27H,1-2H3/b18-12-,19-17+. The lowest BCUT2D eigenvalue weighted by Crippen LogP contribution is -2.16. The van der Waals surface area contributed by atoms with Gasteiger partial charge in [0.15, 0.2) is 5.82 Å². The zero-order valence-corrected chi connectivity index (χ0v) is 18.2. The van der Waals surface area contributed by atoms with Crippen LogP contribution in [0.1, 0.15) is 11.4 Å². The van der Waals surface area contributed by atoms with Crippen molar-refractivity contribution in [2.75, 3.05) is 14.2 Å². The molecule has 0 saturated carbocycles. The summed E-state index contributed by atoms with van der Waals surface area (Å²) in [5, 5.41) is 18.5. The van der Waals surface area contributed by atoms with Crippen LogP contribution < -0.4 is 0 Å². The van der Waals surface area contributed by atoms with Crippen LogP contribution in [-0.4, -0.2) is 46.0 Å². The van der Waals surface area contributed by atoms with Crippen molar-refractivity contribution in [1.29, 1.82) is 0 Å². The first-order chi connectivity index (χ1) is 15.0. The summed E-state index contributed by atoms with van der Waals surface area (Å²) < 4.78 is 12.1. The molecule has 0 radical (unpaired) electrons. The average molecular weight is 484 g/mol. The number of rotatable bonds is 6. The number of ether oxygens (including phenoxy) is 2. The van der Waals surface area contributed by atoms with E-state index < -0.39 is 11.9 Å². The van der Waals surface area contributed by atoms with Crippen molar-refractivity contribution in [3.8, 4) is 5.69 Å². The summed E-state index contributed by atoms with van der Waals surface area (Å²) in [6.07, 6.45) is 2.55. The van der Waals surface area contributed by atoms with Crippen LogP contribution in [0.3, 0.4) is 0 Å². The Balaban J connectivity index is 2.25. The van der Waals surface area contributed by atoms with Crippen molar-refractivity contribution in [3.63, 3.8) is 0 Å². The van der Waals surface area contributed by atoms with Crippen molar-refractivity contribution >= 4 is 39.2 Å². The third-order valence-corrected chi connectivity index (χ3v) is 4.82. The number of esters is 2. The average Bonchev–Trinajstić information content (AvgIpc) is 3.28. The van der Waals surface area contributed by atoms with Gasteiger partial charge in [-0.2, -0.15) is 0 Å². The zero-order chi connectivity index (χ0) is 22.4. The molecule has 8 nitrogen and oxygen atoms in total. The highest BCUT2D eigenvalue weighted by Gasteiger charge is 2.28. The summed E-state index contributed by atoms with van der Waals surface area (Å²) in [6, 6.07) is 15.8. The first kappa shape index (κ1) is 22.0.